The van der Waals surface area contributed by atoms with Crippen LogP contribution in [0.2, 0.25) is 0 Å². The molecule has 5 nitrogen and oxygen atoms in total. The molecule has 0 bridgehead atoms. The molecule has 3 aromatic rings. The summed E-state index contributed by atoms with van der Waals surface area (Å²) in [5, 5.41) is 12.1. The fourth-order valence-corrected chi connectivity index (χ4v) is 2.76. The van der Waals surface area contributed by atoms with Gasteiger partial charge in [-0.3, -0.25) is 0 Å². The molecule has 0 aliphatic rings. The van der Waals surface area contributed by atoms with Gasteiger partial charge in [0.1, 0.15) is 12.4 Å². The van der Waals surface area contributed by atoms with Crippen LogP contribution < -0.4 is 4.74 Å². The third-order valence-electron chi connectivity index (χ3n) is 4.18. The van der Waals surface area contributed by atoms with Gasteiger partial charge in [-0.2, -0.15) is 13.2 Å². The summed E-state index contributed by atoms with van der Waals surface area (Å²) in [7, 11) is 0. The third kappa shape index (κ3) is 6.60. The smallest absolute Gasteiger partial charge is 0.416 e. The van der Waals surface area contributed by atoms with Gasteiger partial charge in [0.05, 0.1) is 11.8 Å². The van der Waals surface area contributed by atoms with Crippen molar-refractivity contribution >= 4 is 12.2 Å². The molecular weight excluding hydrogens is 411 g/mol. The summed E-state index contributed by atoms with van der Waals surface area (Å²) in [6.45, 7) is -0.525. The lowest BCUT2D eigenvalue weighted by atomic mass is 10.0. The molecule has 3 aromatic carbocycles. The molecule has 0 saturated carbocycles. The number of hydrogen-bond donors (Lipinski definition) is 1. The Kier molecular flexibility index (Phi) is 6.92. The average Bonchev–Trinajstić information content (AvgIpc) is 2.75. The van der Waals surface area contributed by atoms with Crippen LogP contribution in [-0.4, -0.2) is 23.9 Å². The first kappa shape index (κ1) is 21.9. The van der Waals surface area contributed by atoms with Gasteiger partial charge in [0.2, 0.25) is 6.61 Å². The van der Waals surface area contributed by atoms with Crippen molar-refractivity contribution in [1.29, 1.82) is 0 Å². The normalized spacial score (nSPS) is 11.5. The molecule has 0 aromatic heterocycles. The minimum absolute atomic E-state index is 0.000979. The van der Waals surface area contributed by atoms with Crippen LogP contribution in [0.15, 0.2) is 78.0 Å². The third-order valence-corrected chi connectivity index (χ3v) is 4.18. The Labute approximate surface area is 176 Å². The van der Waals surface area contributed by atoms with E-state index in [1.165, 1.54) is 12.3 Å². The zero-order chi connectivity index (χ0) is 22.3. The standard InChI is InChI=1S/C23H18F3NO4/c24-23(25,26)20-8-2-5-17(11-20)14-30-21-9-3-7-19(12-21)18-6-1-4-16(10-18)13-27-31-15-22(28)29/h1-13H,14-15H2,(H,28,29). The van der Waals surface area contributed by atoms with Crippen molar-refractivity contribution in [2.24, 2.45) is 5.16 Å². The number of rotatable bonds is 8. The summed E-state index contributed by atoms with van der Waals surface area (Å²) in [5.41, 5.74) is 2.10. The lowest BCUT2D eigenvalue weighted by Crippen LogP contribution is -2.06. The zero-order valence-corrected chi connectivity index (χ0v) is 16.2. The van der Waals surface area contributed by atoms with Crippen LogP contribution in [0.1, 0.15) is 16.7 Å². The van der Waals surface area contributed by atoms with Gasteiger partial charge in [-0.1, -0.05) is 47.6 Å². The first-order chi connectivity index (χ1) is 14.8. The van der Waals surface area contributed by atoms with Gasteiger partial charge in [-0.05, 0) is 52.6 Å². The molecule has 8 heteroatoms. The highest BCUT2D eigenvalue weighted by Crippen LogP contribution is 2.30. The quantitative estimate of drug-likeness (QED) is 0.385. The van der Waals surface area contributed by atoms with Crippen molar-refractivity contribution in [1.82, 2.24) is 0 Å². The molecule has 0 heterocycles. The highest BCUT2D eigenvalue weighted by atomic mass is 19.4. The summed E-state index contributed by atoms with van der Waals surface area (Å²) in [4.78, 5) is 15.1. The van der Waals surface area contributed by atoms with E-state index in [0.717, 1.165) is 23.3 Å². The Morgan fingerprint density at radius 3 is 2.42 bits per heavy atom. The van der Waals surface area contributed by atoms with E-state index in [-0.39, 0.29) is 6.61 Å². The Balaban J connectivity index is 1.69. The zero-order valence-electron chi connectivity index (χ0n) is 16.2. The second-order valence-corrected chi connectivity index (χ2v) is 6.54. The summed E-state index contributed by atoms with van der Waals surface area (Å²) < 4.78 is 44.2. The van der Waals surface area contributed by atoms with Gasteiger partial charge in [0, 0.05) is 0 Å². The summed E-state index contributed by atoms with van der Waals surface area (Å²) >= 11 is 0. The number of nitrogens with zero attached hydrogens (tertiary/aromatic N) is 1. The van der Waals surface area contributed by atoms with Gasteiger partial charge >= 0.3 is 12.1 Å². The Bertz CT molecular complexity index is 1080. The monoisotopic (exact) mass is 429 g/mol. The Morgan fingerprint density at radius 2 is 1.68 bits per heavy atom. The number of oxime groups is 1. The maximum Gasteiger partial charge on any atom is 0.416 e. The van der Waals surface area contributed by atoms with Gasteiger partial charge in [0.15, 0.2) is 0 Å². The van der Waals surface area contributed by atoms with Crippen LogP contribution in [0.25, 0.3) is 11.1 Å². The van der Waals surface area contributed by atoms with E-state index in [9.17, 15) is 18.0 Å². The van der Waals surface area contributed by atoms with Crippen LogP contribution in [0.4, 0.5) is 13.2 Å². The Morgan fingerprint density at radius 1 is 0.968 bits per heavy atom. The SMILES string of the molecule is O=C(O)CON=Cc1cccc(-c2cccc(OCc3cccc(C(F)(F)F)c3)c2)c1. The largest absolute Gasteiger partial charge is 0.489 e. The van der Waals surface area contributed by atoms with Gasteiger partial charge in [0.25, 0.3) is 0 Å². The number of alkyl halides is 3. The van der Waals surface area contributed by atoms with Crippen LogP contribution in [0.3, 0.4) is 0 Å². The van der Waals surface area contributed by atoms with Crippen LogP contribution in [0, 0.1) is 0 Å². The van der Waals surface area contributed by atoms with Gasteiger partial charge < -0.3 is 14.7 Å². The van der Waals surface area contributed by atoms with Crippen molar-refractivity contribution < 1.29 is 32.6 Å². The predicted octanol–water partition coefficient (Wildman–Crippen LogP) is 5.39. The average molecular weight is 429 g/mol. The summed E-state index contributed by atoms with van der Waals surface area (Å²) in [5.74, 6) is -0.605. The minimum Gasteiger partial charge on any atom is -0.489 e. The molecule has 0 aliphatic carbocycles. The first-order valence-electron chi connectivity index (χ1n) is 9.18. The topological polar surface area (TPSA) is 68.1 Å². The molecule has 0 unspecified atom stereocenters. The highest BCUT2D eigenvalue weighted by Gasteiger charge is 2.30. The van der Waals surface area contributed by atoms with Gasteiger partial charge in [-0.15, -0.1) is 0 Å². The molecule has 160 valence electrons. The molecule has 0 radical (unpaired) electrons. The highest BCUT2D eigenvalue weighted by molar-refractivity contribution is 5.82. The van der Waals surface area contributed by atoms with Crippen LogP contribution in [-0.2, 0) is 22.4 Å². The van der Waals surface area contributed by atoms with E-state index in [4.69, 9.17) is 9.84 Å². The number of aliphatic carboxylic acids is 1. The molecule has 0 aliphatic heterocycles. The molecule has 0 spiro atoms. The molecule has 0 atom stereocenters. The maximum absolute atomic E-state index is 12.9. The fraction of sp³-hybridized carbons (Fsp3) is 0.130. The van der Waals surface area contributed by atoms with Crippen LogP contribution >= 0.6 is 0 Å². The lowest BCUT2D eigenvalue weighted by molar-refractivity contribution is -0.142. The number of carboxylic acids is 1. The first-order valence-corrected chi connectivity index (χ1v) is 9.18. The van der Waals surface area contributed by atoms with E-state index in [1.54, 1.807) is 30.3 Å². The molecular formula is C23H18F3NO4. The minimum atomic E-state index is -4.40. The molecule has 3 rings (SSSR count). The number of hydrogen-bond acceptors (Lipinski definition) is 4. The number of halogens is 3. The van der Waals surface area contributed by atoms with Crippen molar-refractivity contribution in [2.45, 2.75) is 12.8 Å². The van der Waals surface area contributed by atoms with Crippen molar-refractivity contribution in [3.8, 4) is 16.9 Å². The molecule has 0 amide bonds. The number of carboxylic acid groups (broad SMARTS) is 1. The fourth-order valence-electron chi connectivity index (χ4n) is 2.76. The Hall–Kier alpha value is -3.81. The predicted molar refractivity (Wildman–Crippen MR) is 109 cm³/mol. The van der Waals surface area contributed by atoms with Crippen molar-refractivity contribution in [2.75, 3.05) is 6.61 Å². The maximum atomic E-state index is 12.9. The summed E-state index contributed by atoms with van der Waals surface area (Å²) in [6, 6.07) is 19.5. The van der Waals surface area contributed by atoms with Gasteiger partial charge in [-0.25, -0.2) is 4.79 Å². The van der Waals surface area contributed by atoms with E-state index < -0.39 is 24.3 Å². The second-order valence-electron chi connectivity index (χ2n) is 6.54. The van der Waals surface area contributed by atoms with E-state index >= 15 is 0 Å². The molecule has 0 fully saturated rings. The van der Waals surface area contributed by atoms with E-state index in [1.807, 2.05) is 24.3 Å². The lowest BCUT2D eigenvalue weighted by Gasteiger charge is -2.11. The summed E-state index contributed by atoms with van der Waals surface area (Å²) in [6.07, 6.45) is -3.00. The molecule has 1 N–H and O–H groups in total. The number of benzene rings is 3. The second kappa shape index (κ2) is 9.80. The van der Waals surface area contributed by atoms with E-state index in [2.05, 4.69) is 9.99 Å². The number of ether oxygens (including phenoxy) is 1. The number of carbonyl (C=O) groups is 1. The van der Waals surface area contributed by atoms with Crippen molar-refractivity contribution in [3.63, 3.8) is 0 Å². The van der Waals surface area contributed by atoms with Crippen molar-refractivity contribution in [3.05, 3.63) is 89.5 Å². The molecule has 31 heavy (non-hydrogen) atoms. The van der Waals surface area contributed by atoms with E-state index in [0.29, 0.717) is 16.9 Å². The van der Waals surface area contributed by atoms with Crippen LogP contribution in [0.5, 0.6) is 5.75 Å². The molecule has 0 saturated heterocycles.